The largest absolute Gasteiger partial charge is 0.454 e. The van der Waals surface area contributed by atoms with Gasteiger partial charge in [0.1, 0.15) is 0 Å². The topological polar surface area (TPSA) is 70.5 Å². The summed E-state index contributed by atoms with van der Waals surface area (Å²) in [4.78, 5) is 0. The normalized spacial score (nSPS) is 15.6. The van der Waals surface area contributed by atoms with Crippen LogP contribution >= 0.6 is 0 Å². The van der Waals surface area contributed by atoms with E-state index in [1.165, 1.54) is 0 Å². The van der Waals surface area contributed by atoms with Gasteiger partial charge in [0, 0.05) is 12.6 Å². The Labute approximate surface area is 82.8 Å². The van der Waals surface area contributed by atoms with Crippen LogP contribution < -0.4 is 20.9 Å². The van der Waals surface area contributed by atoms with E-state index in [2.05, 4.69) is 0 Å². The summed E-state index contributed by atoms with van der Waals surface area (Å²) in [6.45, 7) is 0.802. The van der Waals surface area contributed by atoms with E-state index >= 15 is 0 Å². The van der Waals surface area contributed by atoms with Crippen LogP contribution in [-0.2, 0) is 6.42 Å². The minimum atomic E-state index is 0.00960. The molecule has 0 saturated heterocycles. The molecule has 0 bridgehead atoms. The van der Waals surface area contributed by atoms with Gasteiger partial charge in [-0.15, -0.1) is 0 Å². The summed E-state index contributed by atoms with van der Waals surface area (Å²) in [6, 6.07) is 5.86. The first-order valence-corrected chi connectivity index (χ1v) is 4.64. The standard InChI is InChI=1S/C10H14N2O2/c11-5-8(12)3-7-1-2-9-10(4-7)14-6-13-9/h1-2,4,8H,3,5-6,11-12H2. The van der Waals surface area contributed by atoms with Crippen LogP contribution in [0.25, 0.3) is 0 Å². The number of benzene rings is 1. The van der Waals surface area contributed by atoms with Crippen molar-refractivity contribution in [3.05, 3.63) is 23.8 Å². The zero-order chi connectivity index (χ0) is 9.97. The fourth-order valence-corrected chi connectivity index (χ4v) is 1.45. The van der Waals surface area contributed by atoms with Gasteiger partial charge in [-0.2, -0.15) is 0 Å². The van der Waals surface area contributed by atoms with Crippen LogP contribution in [-0.4, -0.2) is 19.4 Å². The molecule has 1 aromatic rings. The molecule has 2 rings (SSSR count). The highest BCUT2D eigenvalue weighted by atomic mass is 16.7. The average molecular weight is 194 g/mol. The predicted molar refractivity (Wildman–Crippen MR) is 53.3 cm³/mol. The fourth-order valence-electron chi connectivity index (χ4n) is 1.45. The van der Waals surface area contributed by atoms with E-state index in [1.807, 2.05) is 18.2 Å². The van der Waals surface area contributed by atoms with Gasteiger partial charge in [0.2, 0.25) is 6.79 Å². The fraction of sp³-hybridized carbons (Fsp3) is 0.400. The maximum absolute atomic E-state index is 5.75. The summed E-state index contributed by atoms with van der Waals surface area (Å²) in [5.74, 6) is 1.60. The van der Waals surface area contributed by atoms with Crippen molar-refractivity contribution in [2.75, 3.05) is 13.3 Å². The Kier molecular flexibility index (Phi) is 2.56. The highest BCUT2D eigenvalue weighted by molar-refractivity contribution is 5.44. The van der Waals surface area contributed by atoms with E-state index in [-0.39, 0.29) is 6.04 Å². The van der Waals surface area contributed by atoms with Gasteiger partial charge in [0.15, 0.2) is 11.5 Å². The van der Waals surface area contributed by atoms with E-state index in [1.54, 1.807) is 0 Å². The van der Waals surface area contributed by atoms with Gasteiger partial charge >= 0.3 is 0 Å². The lowest BCUT2D eigenvalue weighted by molar-refractivity contribution is 0.174. The first-order chi connectivity index (χ1) is 6.79. The molecule has 1 atom stereocenters. The first-order valence-electron chi connectivity index (χ1n) is 4.64. The lowest BCUT2D eigenvalue weighted by atomic mass is 10.1. The van der Waals surface area contributed by atoms with Gasteiger partial charge in [-0.05, 0) is 24.1 Å². The number of rotatable bonds is 3. The third kappa shape index (κ3) is 1.81. The molecule has 4 heteroatoms. The SMILES string of the molecule is NCC(N)Cc1ccc2c(c1)OCO2. The molecule has 0 fully saturated rings. The minimum Gasteiger partial charge on any atom is -0.454 e. The average Bonchev–Trinajstić information content (AvgIpc) is 2.64. The molecule has 1 aliphatic rings. The molecule has 76 valence electrons. The monoisotopic (exact) mass is 194 g/mol. The summed E-state index contributed by atoms with van der Waals surface area (Å²) in [5.41, 5.74) is 12.3. The summed E-state index contributed by atoms with van der Waals surface area (Å²) in [7, 11) is 0. The molecule has 0 spiro atoms. The van der Waals surface area contributed by atoms with Gasteiger partial charge in [-0.25, -0.2) is 0 Å². The minimum absolute atomic E-state index is 0.00960. The Balaban J connectivity index is 2.12. The highest BCUT2D eigenvalue weighted by Gasteiger charge is 2.13. The molecule has 0 aliphatic carbocycles. The van der Waals surface area contributed by atoms with Crippen LogP contribution in [0.3, 0.4) is 0 Å². The second kappa shape index (κ2) is 3.86. The number of fused-ring (bicyclic) bond motifs is 1. The third-order valence-electron chi connectivity index (χ3n) is 2.24. The Bertz CT molecular complexity index is 328. The van der Waals surface area contributed by atoms with Crippen molar-refractivity contribution >= 4 is 0 Å². The molecule has 1 unspecified atom stereocenters. The Morgan fingerprint density at radius 1 is 1.29 bits per heavy atom. The number of hydrogen-bond acceptors (Lipinski definition) is 4. The molecule has 4 N–H and O–H groups in total. The van der Waals surface area contributed by atoms with Crippen molar-refractivity contribution in [1.82, 2.24) is 0 Å². The van der Waals surface area contributed by atoms with Gasteiger partial charge in [-0.1, -0.05) is 6.07 Å². The molecule has 0 saturated carbocycles. The Morgan fingerprint density at radius 3 is 2.86 bits per heavy atom. The van der Waals surface area contributed by atoms with Gasteiger partial charge < -0.3 is 20.9 Å². The summed E-state index contributed by atoms with van der Waals surface area (Å²) in [6.07, 6.45) is 0.771. The van der Waals surface area contributed by atoms with E-state index in [0.717, 1.165) is 23.5 Å². The second-order valence-electron chi connectivity index (χ2n) is 3.39. The number of hydrogen-bond donors (Lipinski definition) is 2. The van der Waals surface area contributed by atoms with E-state index in [0.29, 0.717) is 13.3 Å². The molecule has 4 nitrogen and oxygen atoms in total. The zero-order valence-corrected chi connectivity index (χ0v) is 7.90. The lowest BCUT2D eigenvalue weighted by Gasteiger charge is -2.08. The van der Waals surface area contributed by atoms with E-state index in [9.17, 15) is 0 Å². The number of ether oxygens (including phenoxy) is 2. The second-order valence-corrected chi connectivity index (χ2v) is 3.39. The van der Waals surface area contributed by atoms with Crippen molar-refractivity contribution in [3.63, 3.8) is 0 Å². The Hall–Kier alpha value is -1.26. The maximum atomic E-state index is 5.75. The van der Waals surface area contributed by atoms with Crippen LogP contribution in [0.1, 0.15) is 5.56 Å². The molecule has 1 aliphatic heterocycles. The van der Waals surface area contributed by atoms with Crippen LogP contribution in [0.2, 0.25) is 0 Å². The van der Waals surface area contributed by atoms with Crippen LogP contribution in [0.4, 0.5) is 0 Å². The quantitative estimate of drug-likeness (QED) is 0.723. The predicted octanol–water partition coefficient (Wildman–Crippen LogP) is 0.244. The van der Waals surface area contributed by atoms with Crippen molar-refractivity contribution in [2.24, 2.45) is 11.5 Å². The van der Waals surface area contributed by atoms with Crippen molar-refractivity contribution < 1.29 is 9.47 Å². The summed E-state index contributed by atoms with van der Waals surface area (Å²) < 4.78 is 10.5. The molecule has 0 radical (unpaired) electrons. The molecule has 0 amide bonds. The van der Waals surface area contributed by atoms with Crippen molar-refractivity contribution in [1.29, 1.82) is 0 Å². The van der Waals surface area contributed by atoms with E-state index < -0.39 is 0 Å². The zero-order valence-electron chi connectivity index (χ0n) is 7.90. The van der Waals surface area contributed by atoms with Crippen LogP contribution in [0, 0.1) is 0 Å². The van der Waals surface area contributed by atoms with Gasteiger partial charge in [-0.3, -0.25) is 0 Å². The number of nitrogens with two attached hydrogens (primary N) is 2. The molecule has 14 heavy (non-hydrogen) atoms. The van der Waals surface area contributed by atoms with E-state index in [4.69, 9.17) is 20.9 Å². The lowest BCUT2D eigenvalue weighted by Crippen LogP contribution is -2.31. The third-order valence-corrected chi connectivity index (χ3v) is 2.24. The summed E-state index contributed by atoms with van der Waals surface area (Å²) in [5, 5.41) is 0. The summed E-state index contributed by atoms with van der Waals surface area (Å²) >= 11 is 0. The maximum Gasteiger partial charge on any atom is 0.231 e. The molecular formula is C10H14N2O2. The highest BCUT2D eigenvalue weighted by Crippen LogP contribution is 2.32. The molecule has 1 aromatic carbocycles. The first kappa shape index (κ1) is 9.30. The Morgan fingerprint density at radius 2 is 2.07 bits per heavy atom. The molecule has 0 aromatic heterocycles. The van der Waals surface area contributed by atoms with Crippen LogP contribution in [0.5, 0.6) is 11.5 Å². The molecule has 1 heterocycles. The van der Waals surface area contributed by atoms with Crippen molar-refractivity contribution in [3.8, 4) is 11.5 Å². The van der Waals surface area contributed by atoms with Crippen LogP contribution in [0.15, 0.2) is 18.2 Å². The smallest absolute Gasteiger partial charge is 0.231 e. The van der Waals surface area contributed by atoms with Crippen molar-refractivity contribution in [2.45, 2.75) is 12.5 Å². The van der Waals surface area contributed by atoms with Gasteiger partial charge in [0.05, 0.1) is 0 Å². The van der Waals surface area contributed by atoms with Gasteiger partial charge in [0.25, 0.3) is 0 Å². The molecular weight excluding hydrogens is 180 g/mol.